The Hall–Kier alpha value is -3.65. The molecule has 5 rings (SSSR count). The Kier molecular flexibility index (Phi) is 5.38. The predicted octanol–water partition coefficient (Wildman–Crippen LogP) is 1.81. The zero-order valence-electron chi connectivity index (χ0n) is 19.6. The highest BCUT2D eigenvalue weighted by Crippen LogP contribution is 2.25. The lowest BCUT2D eigenvalue weighted by molar-refractivity contribution is -0.880. The summed E-state index contributed by atoms with van der Waals surface area (Å²) in [4.78, 5) is 26.2. The minimum absolute atomic E-state index is 0.123. The first kappa shape index (κ1) is 21.2. The summed E-state index contributed by atoms with van der Waals surface area (Å²) in [5.41, 5.74) is 5.76. The molecule has 0 bridgehead atoms. The van der Waals surface area contributed by atoms with Crippen LogP contribution in [0.2, 0.25) is 0 Å². The van der Waals surface area contributed by atoms with Crippen LogP contribution in [0.25, 0.3) is 16.7 Å². The number of aryl methyl sites for hydroxylation is 3. The molecule has 1 fully saturated rings. The van der Waals surface area contributed by atoms with Gasteiger partial charge in [-0.05, 0) is 49.2 Å². The van der Waals surface area contributed by atoms with Crippen molar-refractivity contribution in [3.05, 3.63) is 70.1 Å². The monoisotopic (exact) mass is 444 g/mol. The van der Waals surface area contributed by atoms with Crippen molar-refractivity contribution < 1.29 is 4.90 Å². The second kappa shape index (κ2) is 8.37. The Morgan fingerprint density at radius 3 is 2.48 bits per heavy atom. The maximum atomic E-state index is 13.1. The Morgan fingerprint density at radius 2 is 1.76 bits per heavy atom. The third-order valence-electron chi connectivity index (χ3n) is 6.55. The number of hydrogen-bond donors (Lipinski definition) is 2. The molecule has 0 atom stereocenters. The molecule has 3 heterocycles. The molecule has 0 unspecified atom stereocenters. The van der Waals surface area contributed by atoms with Gasteiger partial charge in [-0.2, -0.15) is 4.98 Å². The number of likely N-dealkylation sites (N-methyl/N-ethyl adjacent to an activating group) is 1. The van der Waals surface area contributed by atoms with Gasteiger partial charge in [0.25, 0.3) is 5.56 Å². The molecule has 0 aliphatic carbocycles. The normalized spacial score (nSPS) is 14.7. The maximum Gasteiger partial charge on any atom is 0.282 e. The zero-order valence-corrected chi connectivity index (χ0v) is 19.6. The van der Waals surface area contributed by atoms with Gasteiger partial charge in [-0.25, -0.2) is 9.67 Å². The van der Waals surface area contributed by atoms with Crippen molar-refractivity contribution in [2.75, 3.05) is 43.4 Å². The van der Waals surface area contributed by atoms with Crippen LogP contribution in [0.1, 0.15) is 11.1 Å². The SMILES string of the molecule is Cc1cc(Nc2ncc3c(=O)n(-c4ccccc4C)n(C)c3n2)ccc1N1CC[NH+](C)CC1. The first-order valence-corrected chi connectivity index (χ1v) is 11.4. The van der Waals surface area contributed by atoms with E-state index in [9.17, 15) is 4.79 Å². The lowest BCUT2D eigenvalue weighted by atomic mass is 10.1. The Morgan fingerprint density at radius 1 is 1.00 bits per heavy atom. The van der Waals surface area contributed by atoms with Crippen LogP contribution in [0.4, 0.5) is 17.3 Å². The number of quaternary nitrogens is 1. The third kappa shape index (κ3) is 3.87. The van der Waals surface area contributed by atoms with Crippen molar-refractivity contribution in [1.82, 2.24) is 19.3 Å². The average Bonchev–Trinajstić information content (AvgIpc) is 3.05. The van der Waals surface area contributed by atoms with Gasteiger partial charge in [0.05, 0.1) is 38.9 Å². The number of hydrogen-bond acceptors (Lipinski definition) is 5. The second-order valence-electron chi connectivity index (χ2n) is 8.93. The van der Waals surface area contributed by atoms with E-state index < -0.39 is 0 Å². The van der Waals surface area contributed by atoms with Crippen LogP contribution in [0.15, 0.2) is 53.5 Å². The van der Waals surface area contributed by atoms with E-state index in [1.807, 2.05) is 38.2 Å². The smallest absolute Gasteiger partial charge is 0.282 e. The van der Waals surface area contributed by atoms with E-state index in [4.69, 9.17) is 0 Å². The van der Waals surface area contributed by atoms with Crippen molar-refractivity contribution in [1.29, 1.82) is 0 Å². The van der Waals surface area contributed by atoms with Gasteiger partial charge >= 0.3 is 0 Å². The number of nitrogens with zero attached hydrogens (tertiary/aromatic N) is 5. The van der Waals surface area contributed by atoms with Gasteiger partial charge in [0, 0.05) is 24.6 Å². The minimum Gasteiger partial charge on any atom is -0.360 e. The molecular formula is C25H30N7O+. The highest BCUT2D eigenvalue weighted by molar-refractivity contribution is 5.76. The summed E-state index contributed by atoms with van der Waals surface area (Å²) in [5, 5.41) is 3.81. The molecule has 2 aromatic carbocycles. The van der Waals surface area contributed by atoms with Gasteiger partial charge in [-0.3, -0.25) is 9.48 Å². The van der Waals surface area contributed by atoms with Gasteiger partial charge in [0.1, 0.15) is 5.39 Å². The lowest BCUT2D eigenvalue weighted by Gasteiger charge is -2.32. The molecule has 33 heavy (non-hydrogen) atoms. The Bertz CT molecular complexity index is 1380. The molecular weight excluding hydrogens is 414 g/mol. The summed E-state index contributed by atoms with van der Waals surface area (Å²) in [6.07, 6.45) is 1.61. The van der Waals surface area contributed by atoms with Crippen LogP contribution in [-0.2, 0) is 7.05 Å². The topological polar surface area (TPSA) is 72.4 Å². The summed E-state index contributed by atoms with van der Waals surface area (Å²) in [5.74, 6) is 0.468. The number of nitrogens with one attached hydrogen (secondary N) is 2. The van der Waals surface area contributed by atoms with Crippen LogP contribution in [0.5, 0.6) is 0 Å². The lowest BCUT2D eigenvalue weighted by Crippen LogP contribution is -3.12. The molecule has 0 radical (unpaired) electrons. The minimum atomic E-state index is -0.123. The quantitative estimate of drug-likeness (QED) is 0.502. The van der Waals surface area contributed by atoms with E-state index in [1.165, 1.54) is 11.3 Å². The maximum absolute atomic E-state index is 13.1. The molecule has 0 amide bonds. The molecule has 4 aromatic rings. The Balaban J connectivity index is 1.44. The number of aromatic nitrogens is 4. The van der Waals surface area contributed by atoms with Gasteiger partial charge in [0.2, 0.25) is 5.95 Å². The van der Waals surface area contributed by atoms with Crippen LogP contribution >= 0.6 is 0 Å². The van der Waals surface area contributed by atoms with Crippen molar-refractivity contribution in [3.63, 3.8) is 0 Å². The van der Waals surface area contributed by atoms with Crippen LogP contribution in [-0.4, -0.2) is 52.6 Å². The molecule has 8 nitrogen and oxygen atoms in total. The number of fused-ring (bicyclic) bond motifs is 1. The van der Waals surface area contributed by atoms with Crippen LogP contribution < -0.4 is 20.7 Å². The number of para-hydroxylation sites is 1. The molecule has 1 aliphatic heterocycles. The van der Waals surface area contributed by atoms with Gasteiger partial charge in [-0.15, -0.1) is 0 Å². The molecule has 0 spiro atoms. The number of piperazine rings is 1. The first-order chi connectivity index (χ1) is 15.9. The van der Waals surface area contributed by atoms with Gasteiger partial charge < -0.3 is 15.1 Å². The van der Waals surface area contributed by atoms with Gasteiger partial charge in [0.15, 0.2) is 5.65 Å². The van der Waals surface area contributed by atoms with Crippen LogP contribution in [0.3, 0.4) is 0 Å². The summed E-state index contributed by atoms with van der Waals surface area (Å²) in [6, 6.07) is 14.2. The van der Waals surface area contributed by atoms with E-state index in [0.717, 1.165) is 43.1 Å². The van der Waals surface area contributed by atoms with Crippen molar-refractivity contribution in [3.8, 4) is 5.69 Å². The highest BCUT2D eigenvalue weighted by Gasteiger charge is 2.19. The molecule has 2 aromatic heterocycles. The molecule has 1 aliphatic rings. The zero-order chi connectivity index (χ0) is 23.1. The summed E-state index contributed by atoms with van der Waals surface area (Å²) in [7, 11) is 4.10. The first-order valence-electron chi connectivity index (χ1n) is 11.4. The molecule has 8 heteroatoms. The van der Waals surface area contributed by atoms with Crippen molar-refractivity contribution >= 4 is 28.4 Å². The predicted molar refractivity (Wildman–Crippen MR) is 132 cm³/mol. The standard InChI is InChI=1S/C25H29N7O/c1-17-7-5-6-8-22(17)32-24(33)20-16-26-25(28-23(20)30(32)4)27-19-9-10-21(18(2)15-19)31-13-11-29(3)12-14-31/h5-10,15-16H,11-14H2,1-4H3,(H,26,27,28)/p+1. The summed E-state index contributed by atoms with van der Waals surface area (Å²) >= 11 is 0. The Labute approximate surface area is 193 Å². The second-order valence-corrected chi connectivity index (χ2v) is 8.93. The van der Waals surface area contributed by atoms with E-state index >= 15 is 0 Å². The fourth-order valence-corrected chi connectivity index (χ4v) is 4.59. The fourth-order valence-electron chi connectivity index (χ4n) is 4.59. The number of anilines is 3. The van der Waals surface area contributed by atoms with E-state index in [-0.39, 0.29) is 5.56 Å². The average molecular weight is 445 g/mol. The molecule has 1 saturated heterocycles. The van der Waals surface area contributed by atoms with Gasteiger partial charge in [-0.1, -0.05) is 18.2 Å². The molecule has 0 saturated carbocycles. The third-order valence-corrected chi connectivity index (χ3v) is 6.55. The van der Waals surface area contributed by atoms with E-state index in [0.29, 0.717) is 17.0 Å². The van der Waals surface area contributed by atoms with E-state index in [1.54, 1.807) is 20.5 Å². The van der Waals surface area contributed by atoms with Crippen molar-refractivity contribution in [2.45, 2.75) is 13.8 Å². The van der Waals surface area contributed by atoms with Crippen molar-refractivity contribution in [2.24, 2.45) is 7.05 Å². The largest absolute Gasteiger partial charge is 0.360 e. The van der Waals surface area contributed by atoms with E-state index in [2.05, 4.69) is 52.4 Å². The number of benzene rings is 2. The van der Waals surface area contributed by atoms with Crippen LogP contribution in [0, 0.1) is 13.8 Å². The summed E-state index contributed by atoms with van der Waals surface area (Å²) in [6.45, 7) is 8.60. The summed E-state index contributed by atoms with van der Waals surface area (Å²) < 4.78 is 3.44. The fraction of sp³-hybridized carbons (Fsp3) is 0.320. The number of rotatable bonds is 4. The molecule has 170 valence electrons. The molecule has 2 N–H and O–H groups in total. The highest BCUT2D eigenvalue weighted by atomic mass is 16.1.